The highest BCUT2D eigenvalue weighted by molar-refractivity contribution is 9.10. The molecule has 0 amide bonds. The average molecular weight is 375 g/mol. The molecule has 1 fully saturated rings. The number of rotatable bonds is 2. The highest BCUT2D eigenvalue weighted by Gasteiger charge is 2.22. The van der Waals surface area contributed by atoms with Gasteiger partial charge in [-0.1, -0.05) is 0 Å². The van der Waals surface area contributed by atoms with Gasteiger partial charge in [0, 0.05) is 45.6 Å². The maximum absolute atomic E-state index is 4.44. The summed E-state index contributed by atoms with van der Waals surface area (Å²) in [6.45, 7) is 3.39. The minimum atomic E-state index is 0.763. The summed E-state index contributed by atoms with van der Waals surface area (Å²) in [6, 6.07) is 0. The lowest BCUT2D eigenvalue weighted by Gasteiger charge is -2.35. The summed E-state index contributed by atoms with van der Waals surface area (Å²) in [6.07, 6.45) is 6.92. The number of imidazole rings is 1. The predicted octanol–water partition coefficient (Wildman–Crippen LogP) is 1.24. The van der Waals surface area contributed by atoms with Gasteiger partial charge in [-0.2, -0.15) is 0 Å². The van der Waals surface area contributed by atoms with Crippen molar-refractivity contribution >= 4 is 38.9 Å². The Morgan fingerprint density at radius 3 is 2.35 bits per heavy atom. The normalized spacial score (nSPS) is 15.4. The maximum Gasteiger partial charge on any atom is 0.225 e. The zero-order valence-corrected chi connectivity index (χ0v) is 14.2. The third-order valence-electron chi connectivity index (χ3n) is 3.95. The van der Waals surface area contributed by atoms with E-state index in [1.54, 1.807) is 25.0 Å². The third kappa shape index (κ3) is 2.61. The number of piperazine rings is 1. The smallest absolute Gasteiger partial charge is 0.225 e. The SMILES string of the molecule is Cn1cnc2c(N3CCN(c4ncc(Br)cn4)CC3)ncnc21. The van der Waals surface area contributed by atoms with Gasteiger partial charge in [0.25, 0.3) is 0 Å². The van der Waals surface area contributed by atoms with Crippen molar-refractivity contribution < 1.29 is 0 Å². The molecule has 3 aromatic heterocycles. The molecule has 118 valence electrons. The molecule has 1 aliphatic heterocycles. The lowest BCUT2D eigenvalue weighted by molar-refractivity contribution is 0.635. The predicted molar refractivity (Wildman–Crippen MR) is 90.5 cm³/mol. The number of hydrogen-bond donors (Lipinski definition) is 0. The number of halogens is 1. The molecule has 4 rings (SSSR count). The molecule has 1 aliphatic rings. The number of aromatic nitrogens is 6. The number of aryl methyl sites for hydroxylation is 1. The van der Waals surface area contributed by atoms with Crippen LogP contribution in [0.3, 0.4) is 0 Å². The highest BCUT2D eigenvalue weighted by Crippen LogP contribution is 2.23. The van der Waals surface area contributed by atoms with Crippen molar-refractivity contribution in [2.45, 2.75) is 0 Å². The topological polar surface area (TPSA) is 75.9 Å². The Bertz CT molecular complexity index is 822. The van der Waals surface area contributed by atoms with E-state index in [2.05, 4.69) is 50.6 Å². The molecule has 23 heavy (non-hydrogen) atoms. The van der Waals surface area contributed by atoms with Crippen LogP contribution >= 0.6 is 15.9 Å². The van der Waals surface area contributed by atoms with Crippen molar-refractivity contribution in [3.05, 3.63) is 29.5 Å². The second kappa shape index (κ2) is 5.73. The maximum atomic E-state index is 4.44. The summed E-state index contributed by atoms with van der Waals surface area (Å²) in [4.78, 5) is 26.3. The van der Waals surface area contributed by atoms with Crippen LogP contribution in [-0.4, -0.2) is 55.7 Å². The summed E-state index contributed by atoms with van der Waals surface area (Å²) in [7, 11) is 1.94. The fourth-order valence-electron chi connectivity index (χ4n) is 2.75. The van der Waals surface area contributed by atoms with Gasteiger partial charge in [-0.05, 0) is 15.9 Å². The van der Waals surface area contributed by atoms with Gasteiger partial charge in [0.05, 0.1) is 10.8 Å². The lowest BCUT2D eigenvalue weighted by atomic mass is 10.3. The van der Waals surface area contributed by atoms with E-state index in [-0.39, 0.29) is 0 Å². The summed E-state index contributed by atoms with van der Waals surface area (Å²) >= 11 is 3.36. The summed E-state index contributed by atoms with van der Waals surface area (Å²) in [5.41, 5.74) is 1.71. The van der Waals surface area contributed by atoms with Crippen molar-refractivity contribution in [3.8, 4) is 0 Å². The second-order valence-electron chi connectivity index (χ2n) is 5.40. The Labute approximate surface area is 141 Å². The van der Waals surface area contributed by atoms with Crippen molar-refractivity contribution in [3.63, 3.8) is 0 Å². The van der Waals surface area contributed by atoms with Crippen LogP contribution in [0.1, 0.15) is 0 Å². The van der Waals surface area contributed by atoms with Crippen molar-refractivity contribution in [2.75, 3.05) is 36.0 Å². The zero-order chi connectivity index (χ0) is 15.8. The third-order valence-corrected chi connectivity index (χ3v) is 4.36. The zero-order valence-electron chi connectivity index (χ0n) is 12.6. The van der Waals surface area contributed by atoms with Crippen LogP contribution in [0.25, 0.3) is 11.2 Å². The van der Waals surface area contributed by atoms with E-state index in [1.165, 1.54) is 0 Å². The average Bonchev–Trinajstić information content (AvgIpc) is 2.97. The van der Waals surface area contributed by atoms with Gasteiger partial charge in [0.15, 0.2) is 17.0 Å². The first-order valence-electron chi connectivity index (χ1n) is 7.32. The van der Waals surface area contributed by atoms with E-state index in [0.717, 1.165) is 53.6 Å². The van der Waals surface area contributed by atoms with Gasteiger partial charge >= 0.3 is 0 Å². The first-order chi connectivity index (χ1) is 11.2. The number of nitrogens with zero attached hydrogens (tertiary/aromatic N) is 8. The van der Waals surface area contributed by atoms with Crippen LogP contribution in [-0.2, 0) is 7.05 Å². The van der Waals surface area contributed by atoms with Crippen LogP contribution < -0.4 is 9.80 Å². The molecular formula is C14H15BrN8. The molecule has 0 aromatic carbocycles. The van der Waals surface area contributed by atoms with E-state index in [1.807, 2.05) is 11.6 Å². The van der Waals surface area contributed by atoms with Crippen molar-refractivity contribution in [1.82, 2.24) is 29.5 Å². The summed E-state index contributed by atoms with van der Waals surface area (Å²) in [5, 5.41) is 0. The standard InChI is InChI=1S/C14H15BrN8/c1-21-9-20-11-12(21)18-8-19-13(11)22-2-4-23(5-3-22)14-16-6-10(15)7-17-14/h6-9H,2-5H2,1H3. The van der Waals surface area contributed by atoms with Crippen LogP contribution in [0, 0.1) is 0 Å². The fraction of sp³-hybridized carbons (Fsp3) is 0.357. The first-order valence-corrected chi connectivity index (χ1v) is 8.11. The van der Waals surface area contributed by atoms with Gasteiger partial charge < -0.3 is 14.4 Å². The van der Waals surface area contributed by atoms with Gasteiger partial charge in [-0.15, -0.1) is 0 Å². The Kier molecular flexibility index (Phi) is 3.56. The molecule has 9 heteroatoms. The minimum Gasteiger partial charge on any atom is -0.351 e. The van der Waals surface area contributed by atoms with E-state index in [4.69, 9.17) is 0 Å². The van der Waals surface area contributed by atoms with E-state index < -0.39 is 0 Å². The van der Waals surface area contributed by atoms with E-state index >= 15 is 0 Å². The Morgan fingerprint density at radius 2 is 1.61 bits per heavy atom. The molecule has 8 nitrogen and oxygen atoms in total. The Morgan fingerprint density at radius 1 is 0.913 bits per heavy atom. The van der Waals surface area contributed by atoms with Gasteiger partial charge in [0.2, 0.25) is 5.95 Å². The van der Waals surface area contributed by atoms with Gasteiger partial charge in [-0.25, -0.2) is 24.9 Å². The number of fused-ring (bicyclic) bond motifs is 1. The highest BCUT2D eigenvalue weighted by atomic mass is 79.9. The molecule has 1 saturated heterocycles. The van der Waals surface area contributed by atoms with Crippen LogP contribution in [0.5, 0.6) is 0 Å². The fourth-order valence-corrected chi connectivity index (χ4v) is 2.96. The van der Waals surface area contributed by atoms with Gasteiger partial charge in [0.1, 0.15) is 6.33 Å². The monoisotopic (exact) mass is 374 g/mol. The molecule has 0 bridgehead atoms. The number of anilines is 2. The first kappa shape index (κ1) is 14.3. The molecule has 0 radical (unpaired) electrons. The molecule has 0 unspecified atom stereocenters. The largest absolute Gasteiger partial charge is 0.351 e. The molecule has 4 heterocycles. The molecule has 0 aliphatic carbocycles. The summed E-state index contributed by atoms with van der Waals surface area (Å²) < 4.78 is 2.80. The molecule has 0 N–H and O–H groups in total. The molecule has 0 atom stereocenters. The molecule has 0 saturated carbocycles. The molecule has 0 spiro atoms. The lowest BCUT2D eigenvalue weighted by Crippen LogP contribution is -2.47. The van der Waals surface area contributed by atoms with Crippen LogP contribution in [0.4, 0.5) is 11.8 Å². The second-order valence-corrected chi connectivity index (χ2v) is 6.32. The van der Waals surface area contributed by atoms with Gasteiger partial charge in [-0.3, -0.25) is 0 Å². The molecule has 3 aromatic rings. The minimum absolute atomic E-state index is 0.763. The Balaban J connectivity index is 1.54. The van der Waals surface area contributed by atoms with Crippen LogP contribution in [0.2, 0.25) is 0 Å². The summed E-state index contributed by atoms with van der Waals surface area (Å²) in [5.74, 6) is 1.66. The quantitative estimate of drug-likeness (QED) is 0.667. The number of hydrogen-bond acceptors (Lipinski definition) is 7. The van der Waals surface area contributed by atoms with E-state index in [0.29, 0.717) is 0 Å². The van der Waals surface area contributed by atoms with E-state index in [9.17, 15) is 0 Å². The molecular weight excluding hydrogens is 360 g/mol. The van der Waals surface area contributed by atoms with Crippen molar-refractivity contribution in [2.24, 2.45) is 7.05 Å². The van der Waals surface area contributed by atoms with Crippen molar-refractivity contribution in [1.29, 1.82) is 0 Å². The van der Waals surface area contributed by atoms with Crippen LogP contribution in [0.15, 0.2) is 29.5 Å². The Hall–Kier alpha value is -2.29.